The van der Waals surface area contributed by atoms with Crippen LogP contribution < -0.4 is 4.90 Å². The minimum absolute atomic E-state index is 0.844. The van der Waals surface area contributed by atoms with Crippen LogP contribution in [0.1, 0.15) is 9.88 Å². The van der Waals surface area contributed by atoms with Crippen LogP contribution >= 0.6 is 46.0 Å². The first-order valence-corrected chi connectivity index (χ1v) is 9.71. The zero-order chi connectivity index (χ0) is 15.0. The van der Waals surface area contributed by atoms with Crippen molar-refractivity contribution in [3.63, 3.8) is 0 Å². The van der Waals surface area contributed by atoms with Crippen molar-refractivity contribution in [3.05, 3.63) is 38.5 Å². The van der Waals surface area contributed by atoms with Gasteiger partial charge in [0, 0.05) is 22.5 Å². The Labute approximate surface area is 141 Å². The van der Waals surface area contributed by atoms with Gasteiger partial charge >= 0.3 is 0 Å². The van der Waals surface area contributed by atoms with Crippen molar-refractivity contribution in [2.24, 2.45) is 0 Å². The molecule has 0 spiro atoms. The highest BCUT2D eigenvalue weighted by Gasteiger charge is 2.11. The molecule has 110 valence electrons. The summed E-state index contributed by atoms with van der Waals surface area (Å²) in [4.78, 5) is 9.41. The number of thiazole rings is 1. The first-order chi connectivity index (χ1) is 10.1. The molecule has 3 rings (SSSR count). The number of benzene rings is 1. The summed E-state index contributed by atoms with van der Waals surface area (Å²) in [7, 11) is 2.12. The van der Waals surface area contributed by atoms with Gasteiger partial charge in [-0.25, -0.2) is 4.98 Å². The maximum atomic E-state index is 6.01. The SMILES string of the molecule is CSc1cc(N(C)Cc2ccc(Cl)s2)cc2sc(C)nc12. The molecule has 0 unspecified atom stereocenters. The smallest absolute Gasteiger partial charge is 0.0952 e. The Morgan fingerprint density at radius 2 is 2.10 bits per heavy atom. The molecular formula is C15H15ClN2S3. The maximum Gasteiger partial charge on any atom is 0.0952 e. The third-order valence-corrected chi connectivity index (χ3v) is 6.12. The molecule has 0 fully saturated rings. The van der Waals surface area contributed by atoms with Gasteiger partial charge in [0.15, 0.2) is 0 Å². The summed E-state index contributed by atoms with van der Waals surface area (Å²) in [6.45, 7) is 2.93. The average molecular weight is 355 g/mol. The quantitative estimate of drug-likeness (QED) is 0.561. The van der Waals surface area contributed by atoms with Gasteiger partial charge in [0.05, 0.1) is 26.1 Å². The van der Waals surface area contributed by atoms with E-state index in [0.717, 1.165) is 21.4 Å². The van der Waals surface area contributed by atoms with E-state index in [1.807, 2.05) is 6.07 Å². The summed E-state index contributed by atoms with van der Waals surface area (Å²) in [6.07, 6.45) is 2.10. The van der Waals surface area contributed by atoms with Gasteiger partial charge in [-0.05, 0) is 37.4 Å². The van der Waals surface area contributed by atoms with E-state index in [4.69, 9.17) is 11.6 Å². The molecule has 0 aliphatic carbocycles. The highest BCUT2D eigenvalue weighted by atomic mass is 35.5. The monoisotopic (exact) mass is 354 g/mol. The van der Waals surface area contributed by atoms with Crippen molar-refractivity contribution in [2.75, 3.05) is 18.2 Å². The van der Waals surface area contributed by atoms with Crippen LogP contribution in [0.2, 0.25) is 4.34 Å². The molecule has 21 heavy (non-hydrogen) atoms. The second-order valence-corrected chi connectivity index (χ2v) is 8.67. The number of fused-ring (bicyclic) bond motifs is 1. The molecule has 6 heteroatoms. The Balaban J connectivity index is 1.95. The van der Waals surface area contributed by atoms with Gasteiger partial charge in [-0.2, -0.15) is 0 Å². The molecule has 0 saturated carbocycles. The molecule has 0 atom stereocenters. The molecule has 0 amide bonds. The van der Waals surface area contributed by atoms with E-state index in [1.165, 1.54) is 20.2 Å². The van der Waals surface area contributed by atoms with Crippen molar-refractivity contribution in [1.29, 1.82) is 0 Å². The first kappa shape index (κ1) is 15.2. The van der Waals surface area contributed by atoms with Crippen LogP contribution in [0.5, 0.6) is 0 Å². The summed E-state index contributed by atoms with van der Waals surface area (Å²) >= 11 is 11.2. The van der Waals surface area contributed by atoms with E-state index in [-0.39, 0.29) is 0 Å². The lowest BCUT2D eigenvalue weighted by Gasteiger charge is -2.19. The molecule has 2 nitrogen and oxygen atoms in total. The number of thioether (sulfide) groups is 1. The Bertz CT molecular complexity index is 778. The zero-order valence-electron chi connectivity index (χ0n) is 12.0. The van der Waals surface area contributed by atoms with Gasteiger partial charge in [0.2, 0.25) is 0 Å². The molecule has 3 aromatic rings. The van der Waals surface area contributed by atoms with Gasteiger partial charge in [-0.3, -0.25) is 0 Å². The standard InChI is InChI=1S/C15H15ClN2S3/c1-9-17-15-12(19-3)6-10(7-13(15)20-9)18(2)8-11-4-5-14(16)21-11/h4-7H,8H2,1-3H3. The molecule has 0 bridgehead atoms. The van der Waals surface area contributed by atoms with E-state index in [0.29, 0.717) is 0 Å². The van der Waals surface area contributed by atoms with E-state index < -0.39 is 0 Å². The van der Waals surface area contributed by atoms with Gasteiger partial charge < -0.3 is 4.90 Å². The Hall–Kier alpha value is -0.750. The fraction of sp³-hybridized carbons (Fsp3) is 0.267. The maximum absolute atomic E-state index is 6.01. The minimum Gasteiger partial charge on any atom is -0.369 e. The average Bonchev–Trinajstić information content (AvgIpc) is 3.02. The van der Waals surface area contributed by atoms with Gasteiger partial charge in [0.25, 0.3) is 0 Å². The largest absolute Gasteiger partial charge is 0.369 e. The van der Waals surface area contributed by atoms with Crippen molar-refractivity contribution in [2.45, 2.75) is 18.4 Å². The predicted molar refractivity (Wildman–Crippen MR) is 97.6 cm³/mol. The molecule has 0 N–H and O–H groups in total. The summed E-state index contributed by atoms with van der Waals surface area (Å²) < 4.78 is 2.10. The van der Waals surface area contributed by atoms with Crippen LogP contribution in [0.25, 0.3) is 10.2 Å². The minimum atomic E-state index is 0.844. The van der Waals surface area contributed by atoms with Crippen molar-refractivity contribution >= 4 is 61.9 Å². The number of aryl methyl sites for hydroxylation is 1. The first-order valence-electron chi connectivity index (χ1n) is 6.47. The lowest BCUT2D eigenvalue weighted by Crippen LogP contribution is -2.15. The fourth-order valence-corrected chi connectivity index (χ4v) is 4.91. The van der Waals surface area contributed by atoms with Crippen molar-refractivity contribution < 1.29 is 0 Å². The second-order valence-electron chi connectivity index (χ2n) is 4.79. The molecule has 1 aromatic carbocycles. The summed E-state index contributed by atoms with van der Waals surface area (Å²) in [5, 5.41) is 1.12. The van der Waals surface area contributed by atoms with E-state index in [1.54, 1.807) is 34.4 Å². The van der Waals surface area contributed by atoms with Gasteiger partial charge in [-0.15, -0.1) is 34.4 Å². The number of halogens is 1. The van der Waals surface area contributed by atoms with Crippen LogP contribution in [0, 0.1) is 6.92 Å². The van der Waals surface area contributed by atoms with Crippen LogP contribution in [0.4, 0.5) is 5.69 Å². The Morgan fingerprint density at radius 3 is 2.76 bits per heavy atom. The number of aromatic nitrogens is 1. The number of anilines is 1. The number of rotatable bonds is 4. The number of hydrogen-bond acceptors (Lipinski definition) is 5. The highest BCUT2D eigenvalue weighted by Crippen LogP contribution is 2.35. The molecule has 2 aromatic heterocycles. The molecule has 0 radical (unpaired) electrons. The summed E-state index contributed by atoms with van der Waals surface area (Å²) in [5.41, 5.74) is 2.35. The van der Waals surface area contributed by atoms with E-state index in [9.17, 15) is 0 Å². The van der Waals surface area contributed by atoms with Crippen LogP contribution in [0.3, 0.4) is 0 Å². The second kappa shape index (κ2) is 6.16. The van der Waals surface area contributed by atoms with E-state index >= 15 is 0 Å². The summed E-state index contributed by atoms with van der Waals surface area (Å²) in [5.74, 6) is 0. The van der Waals surface area contributed by atoms with Crippen molar-refractivity contribution in [1.82, 2.24) is 4.98 Å². The molecule has 0 aliphatic rings. The highest BCUT2D eigenvalue weighted by molar-refractivity contribution is 7.98. The number of hydrogen-bond donors (Lipinski definition) is 0. The lowest BCUT2D eigenvalue weighted by molar-refractivity contribution is 0.939. The number of nitrogens with zero attached hydrogens (tertiary/aromatic N) is 2. The fourth-order valence-electron chi connectivity index (χ4n) is 2.23. The molecule has 0 saturated heterocycles. The van der Waals surface area contributed by atoms with E-state index in [2.05, 4.69) is 48.3 Å². The topological polar surface area (TPSA) is 16.1 Å². The normalized spacial score (nSPS) is 11.2. The lowest BCUT2D eigenvalue weighted by atomic mass is 10.2. The number of thiophene rings is 1. The van der Waals surface area contributed by atoms with Gasteiger partial charge in [0.1, 0.15) is 0 Å². The predicted octanol–water partition coefficient (Wildman–Crippen LogP) is 5.68. The van der Waals surface area contributed by atoms with Gasteiger partial charge in [-0.1, -0.05) is 11.6 Å². The van der Waals surface area contributed by atoms with Crippen LogP contribution in [-0.2, 0) is 6.54 Å². The van der Waals surface area contributed by atoms with Crippen molar-refractivity contribution in [3.8, 4) is 0 Å². The third kappa shape index (κ3) is 3.21. The van der Waals surface area contributed by atoms with Crippen LogP contribution in [-0.4, -0.2) is 18.3 Å². The zero-order valence-corrected chi connectivity index (χ0v) is 15.2. The van der Waals surface area contributed by atoms with Crippen LogP contribution in [0.15, 0.2) is 29.2 Å². The Kier molecular flexibility index (Phi) is 4.45. The molecular weight excluding hydrogens is 340 g/mol. The Morgan fingerprint density at radius 1 is 1.29 bits per heavy atom. The molecule has 2 heterocycles. The summed E-state index contributed by atoms with van der Waals surface area (Å²) in [6, 6.07) is 8.50. The third-order valence-electron chi connectivity index (χ3n) is 3.23. The molecule has 0 aliphatic heterocycles.